The number of hydrogen-bond donors (Lipinski definition) is 1. The predicted octanol–water partition coefficient (Wildman–Crippen LogP) is 4.40. The Balaban J connectivity index is 1.68. The standard InChI is InChI=1S/C20H17ClN2O3/c1-25-14-4-2-12-10-22-11-18(16(12)9-14)23-20(24)15-6-7-26-19-5-3-13(21)8-17(15)19/h2-5,8-11,15H,6-7H2,1H3,(H,23,24). The van der Waals surface area contributed by atoms with Crippen molar-refractivity contribution in [3.63, 3.8) is 0 Å². The maximum atomic E-state index is 13.0. The third-order valence-electron chi connectivity index (χ3n) is 4.55. The summed E-state index contributed by atoms with van der Waals surface area (Å²) < 4.78 is 10.9. The van der Waals surface area contributed by atoms with Gasteiger partial charge in [0.25, 0.3) is 0 Å². The highest BCUT2D eigenvalue weighted by molar-refractivity contribution is 6.30. The topological polar surface area (TPSA) is 60.5 Å². The molecule has 0 radical (unpaired) electrons. The fourth-order valence-corrected chi connectivity index (χ4v) is 3.41. The van der Waals surface area contributed by atoms with Gasteiger partial charge in [-0.3, -0.25) is 9.78 Å². The van der Waals surface area contributed by atoms with Gasteiger partial charge >= 0.3 is 0 Å². The van der Waals surface area contributed by atoms with Gasteiger partial charge in [0.15, 0.2) is 0 Å². The maximum absolute atomic E-state index is 13.0. The van der Waals surface area contributed by atoms with Crippen LogP contribution in [0.4, 0.5) is 5.69 Å². The molecule has 1 atom stereocenters. The van der Waals surface area contributed by atoms with E-state index in [0.717, 1.165) is 22.1 Å². The lowest BCUT2D eigenvalue weighted by Gasteiger charge is -2.25. The zero-order chi connectivity index (χ0) is 18.1. The molecular formula is C20H17ClN2O3. The van der Waals surface area contributed by atoms with Crippen molar-refractivity contribution in [2.45, 2.75) is 12.3 Å². The Morgan fingerprint density at radius 1 is 1.27 bits per heavy atom. The number of nitrogens with one attached hydrogen (secondary N) is 1. The predicted molar refractivity (Wildman–Crippen MR) is 101 cm³/mol. The number of halogens is 1. The summed E-state index contributed by atoms with van der Waals surface area (Å²) in [6, 6.07) is 11.0. The third kappa shape index (κ3) is 3.06. The van der Waals surface area contributed by atoms with Crippen molar-refractivity contribution in [2.75, 3.05) is 19.0 Å². The summed E-state index contributed by atoms with van der Waals surface area (Å²) in [7, 11) is 1.61. The number of pyridine rings is 1. The van der Waals surface area contributed by atoms with Gasteiger partial charge in [-0.25, -0.2) is 0 Å². The second kappa shape index (κ2) is 6.84. The minimum Gasteiger partial charge on any atom is -0.497 e. The number of amides is 1. The lowest BCUT2D eigenvalue weighted by atomic mass is 9.92. The van der Waals surface area contributed by atoms with Crippen molar-refractivity contribution in [3.8, 4) is 11.5 Å². The average molecular weight is 369 g/mol. The fraction of sp³-hybridized carbons (Fsp3) is 0.200. The molecule has 5 nitrogen and oxygen atoms in total. The smallest absolute Gasteiger partial charge is 0.232 e. The summed E-state index contributed by atoms with van der Waals surface area (Å²) in [4.78, 5) is 17.2. The van der Waals surface area contributed by atoms with Crippen LogP contribution in [-0.2, 0) is 4.79 Å². The molecule has 1 aromatic heterocycles. The SMILES string of the molecule is COc1ccc2cncc(NC(=O)C3CCOc4ccc(Cl)cc43)c2c1. The molecule has 2 aromatic carbocycles. The highest BCUT2D eigenvalue weighted by Gasteiger charge is 2.28. The molecule has 1 amide bonds. The van der Waals surface area contributed by atoms with E-state index in [4.69, 9.17) is 21.1 Å². The Morgan fingerprint density at radius 3 is 3.00 bits per heavy atom. The minimum absolute atomic E-state index is 0.103. The number of benzene rings is 2. The first-order valence-corrected chi connectivity index (χ1v) is 8.68. The van der Waals surface area contributed by atoms with Crippen molar-refractivity contribution in [1.29, 1.82) is 0 Å². The molecule has 1 N–H and O–H groups in total. The second-order valence-corrected chi connectivity index (χ2v) is 6.57. The molecule has 0 saturated carbocycles. The Hall–Kier alpha value is -2.79. The van der Waals surface area contributed by atoms with Crippen LogP contribution in [0.5, 0.6) is 11.5 Å². The van der Waals surface area contributed by atoms with Gasteiger partial charge in [-0.1, -0.05) is 11.6 Å². The number of hydrogen-bond acceptors (Lipinski definition) is 4. The Labute approximate surface area is 155 Å². The highest BCUT2D eigenvalue weighted by atomic mass is 35.5. The summed E-state index contributed by atoms with van der Waals surface area (Å²) in [6.07, 6.45) is 4.01. The molecule has 132 valence electrons. The number of carbonyl (C=O) groups excluding carboxylic acids is 1. The van der Waals surface area contributed by atoms with E-state index < -0.39 is 0 Å². The monoisotopic (exact) mass is 368 g/mol. The van der Waals surface area contributed by atoms with Crippen LogP contribution in [0, 0.1) is 0 Å². The Bertz CT molecular complexity index is 990. The van der Waals surface area contributed by atoms with Crippen molar-refractivity contribution in [3.05, 3.63) is 59.4 Å². The molecule has 0 fully saturated rings. The van der Waals surface area contributed by atoms with Gasteiger partial charge in [0.1, 0.15) is 11.5 Å². The van der Waals surface area contributed by atoms with Crippen molar-refractivity contribution in [2.24, 2.45) is 0 Å². The summed E-state index contributed by atoms with van der Waals surface area (Å²) in [6.45, 7) is 0.494. The molecule has 0 spiro atoms. The largest absolute Gasteiger partial charge is 0.497 e. The molecule has 1 unspecified atom stereocenters. The molecular weight excluding hydrogens is 352 g/mol. The van der Waals surface area contributed by atoms with E-state index in [1.807, 2.05) is 18.2 Å². The summed E-state index contributed by atoms with van der Waals surface area (Å²) in [5.74, 6) is 1.01. The molecule has 26 heavy (non-hydrogen) atoms. The van der Waals surface area contributed by atoms with E-state index in [0.29, 0.717) is 29.5 Å². The maximum Gasteiger partial charge on any atom is 0.232 e. The van der Waals surface area contributed by atoms with Crippen LogP contribution in [0.2, 0.25) is 5.02 Å². The van der Waals surface area contributed by atoms with E-state index in [9.17, 15) is 4.79 Å². The minimum atomic E-state index is -0.321. The van der Waals surface area contributed by atoms with Gasteiger partial charge < -0.3 is 14.8 Å². The fourth-order valence-electron chi connectivity index (χ4n) is 3.23. The number of nitrogens with zero attached hydrogens (tertiary/aromatic N) is 1. The van der Waals surface area contributed by atoms with Crippen LogP contribution < -0.4 is 14.8 Å². The quantitative estimate of drug-likeness (QED) is 0.744. The first-order valence-electron chi connectivity index (χ1n) is 8.30. The number of rotatable bonds is 3. The average Bonchev–Trinajstić information content (AvgIpc) is 2.67. The summed E-state index contributed by atoms with van der Waals surface area (Å²) in [5, 5.41) is 5.41. The number of anilines is 1. The zero-order valence-corrected chi connectivity index (χ0v) is 14.9. The van der Waals surface area contributed by atoms with E-state index >= 15 is 0 Å². The number of aromatic nitrogens is 1. The lowest BCUT2D eigenvalue weighted by Crippen LogP contribution is -2.26. The van der Waals surface area contributed by atoms with Gasteiger partial charge in [0, 0.05) is 27.6 Å². The van der Waals surface area contributed by atoms with Gasteiger partial charge in [-0.2, -0.15) is 0 Å². The van der Waals surface area contributed by atoms with E-state index in [1.165, 1.54) is 0 Å². The second-order valence-electron chi connectivity index (χ2n) is 6.14. The zero-order valence-electron chi connectivity index (χ0n) is 14.2. The molecule has 4 rings (SSSR count). The van der Waals surface area contributed by atoms with E-state index in [1.54, 1.807) is 37.7 Å². The summed E-state index contributed by atoms with van der Waals surface area (Å²) in [5.41, 5.74) is 1.47. The van der Waals surface area contributed by atoms with Crippen LogP contribution in [-0.4, -0.2) is 24.6 Å². The molecule has 0 bridgehead atoms. The number of ether oxygens (including phenoxy) is 2. The van der Waals surface area contributed by atoms with Crippen LogP contribution in [0.25, 0.3) is 10.8 Å². The third-order valence-corrected chi connectivity index (χ3v) is 4.79. The van der Waals surface area contributed by atoms with E-state index in [-0.39, 0.29) is 11.8 Å². The van der Waals surface area contributed by atoms with Gasteiger partial charge in [0.05, 0.1) is 31.5 Å². The number of fused-ring (bicyclic) bond motifs is 2. The van der Waals surface area contributed by atoms with Crippen LogP contribution in [0.1, 0.15) is 17.9 Å². The van der Waals surface area contributed by atoms with Crippen LogP contribution in [0.3, 0.4) is 0 Å². The van der Waals surface area contributed by atoms with E-state index in [2.05, 4.69) is 10.3 Å². The van der Waals surface area contributed by atoms with Gasteiger partial charge in [-0.05, 0) is 42.8 Å². The number of methoxy groups -OCH3 is 1. The lowest BCUT2D eigenvalue weighted by molar-refractivity contribution is -0.118. The highest BCUT2D eigenvalue weighted by Crippen LogP contribution is 2.36. The van der Waals surface area contributed by atoms with Gasteiger partial charge in [-0.15, -0.1) is 0 Å². The Kier molecular flexibility index (Phi) is 4.39. The van der Waals surface area contributed by atoms with Gasteiger partial charge in [0.2, 0.25) is 5.91 Å². The molecule has 1 aliphatic rings. The first-order chi connectivity index (χ1) is 12.7. The van der Waals surface area contributed by atoms with Crippen LogP contribution >= 0.6 is 11.6 Å². The normalized spacial score (nSPS) is 15.8. The molecule has 0 saturated heterocycles. The van der Waals surface area contributed by atoms with Crippen molar-refractivity contribution in [1.82, 2.24) is 4.98 Å². The molecule has 0 aliphatic carbocycles. The van der Waals surface area contributed by atoms with Crippen LogP contribution in [0.15, 0.2) is 48.8 Å². The molecule has 6 heteroatoms. The molecule has 1 aliphatic heterocycles. The number of carbonyl (C=O) groups is 1. The van der Waals surface area contributed by atoms with Crippen molar-refractivity contribution >= 4 is 34.0 Å². The Morgan fingerprint density at radius 2 is 2.15 bits per heavy atom. The molecule has 2 heterocycles. The van der Waals surface area contributed by atoms with Crippen molar-refractivity contribution < 1.29 is 14.3 Å². The summed E-state index contributed by atoms with van der Waals surface area (Å²) >= 11 is 6.11. The molecule has 3 aromatic rings. The first kappa shape index (κ1) is 16.7.